The molecule has 0 unspecified atom stereocenters. The summed E-state index contributed by atoms with van der Waals surface area (Å²) in [5.41, 5.74) is 2.89. The van der Waals surface area contributed by atoms with Crippen LogP contribution in [-0.2, 0) is 39.1 Å². The Hall–Kier alpha value is -4.54. The van der Waals surface area contributed by atoms with Crippen LogP contribution in [-0.4, -0.2) is 49.6 Å². The second-order valence-corrected chi connectivity index (χ2v) is 13.2. The average Bonchev–Trinajstić information content (AvgIpc) is 3.64. The zero-order valence-electron chi connectivity index (χ0n) is 25.8. The van der Waals surface area contributed by atoms with E-state index in [4.69, 9.17) is 4.74 Å². The molecule has 46 heavy (non-hydrogen) atoms. The molecular weight excluding hydrogens is 605 g/mol. The molecule has 0 aliphatic carbocycles. The van der Waals surface area contributed by atoms with Crippen molar-refractivity contribution in [2.75, 3.05) is 20.2 Å². The molecule has 10 heteroatoms. The smallest absolute Gasteiger partial charge is 0.247 e. The second kappa shape index (κ2) is 15.2. The summed E-state index contributed by atoms with van der Waals surface area (Å²) in [6.07, 6.45) is 2.13. The van der Waals surface area contributed by atoms with Gasteiger partial charge in [-0.05, 0) is 66.3 Å². The van der Waals surface area contributed by atoms with Gasteiger partial charge < -0.3 is 15.0 Å². The van der Waals surface area contributed by atoms with Crippen LogP contribution in [0.4, 0.5) is 4.39 Å². The number of halogens is 1. The third kappa shape index (κ3) is 7.99. The van der Waals surface area contributed by atoms with E-state index in [0.717, 1.165) is 24.0 Å². The molecule has 4 aromatic rings. The minimum atomic E-state index is -3.54. The van der Waals surface area contributed by atoms with E-state index in [0.29, 0.717) is 36.4 Å². The van der Waals surface area contributed by atoms with Crippen molar-refractivity contribution in [3.05, 3.63) is 131 Å². The largest absolute Gasteiger partial charge is 0.496 e. The Bertz CT molecular complexity index is 1730. The Labute approximate surface area is 269 Å². The number of nitrogens with zero attached hydrogens (tertiary/aromatic N) is 2. The summed E-state index contributed by atoms with van der Waals surface area (Å²) in [5, 5.41) is 2.99. The molecule has 1 fully saturated rings. The fourth-order valence-corrected chi connectivity index (χ4v) is 7.16. The molecule has 1 heterocycles. The van der Waals surface area contributed by atoms with Crippen LogP contribution in [0.3, 0.4) is 0 Å². The lowest BCUT2D eigenvalue weighted by molar-refractivity contribution is -0.141. The van der Waals surface area contributed by atoms with E-state index < -0.39 is 21.9 Å². The Balaban J connectivity index is 1.38. The van der Waals surface area contributed by atoms with Gasteiger partial charge in [-0.25, -0.2) is 12.8 Å². The molecule has 0 bridgehead atoms. The summed E-state index contributed by atoms with van der Waals surface area (Å²) in [4.78, 5) is 29.7. The number of amides is 2. The highest BCUT2D eigenvalue weighted by Gasteiger charge is 2.32. The van der Waals surface area contributed by atoms with Crippen LogP contribution in [0.15, 0.2) is 108 Å². The lowest BCUT2D eigenvalue weighted by atomic mass is 10.0. The summed E-state index contributed by atoms with van der Waals surface area (Å²) in [6, 6.07) is 28.0. The first-order valence-corrected chi connectivity index (χ1v) is 16.8. The predicted octanol–water partition coefficient (Wildman–Crippen LogP) is 5.64. The SMILES string of the molecule is COc1ccccc1CNC(=O)[C@H](c1ccccc1)N(Cc1ccc(F)cc1)C(=O)CCc1ccc(S(=O)(=O)N2CCCC2)cc1. The molecule has 1 saturated heterocycles. The van der Waals surface area contributed by atoms with Crippen molar-refractivity contribution < 1.29 is 27.1 Å². The van der Waals surface area contributed by atoms with E-state index in [1.807, 2.05) is 42.5 Å². The number of para-hydroxylation sites is 1. The highest BCUT2D eigenvalue weighted by Crippen LogP contribution is 2.27. The van der Waals surface area contributed by atoms with Crippen molar-refractivity contribution >= 4 is 21.8 Å². The Morgan fingerprint density at radius 3 is 2.17 bits per heavy atom. The van der Waals surface area contributed by atoms with Crippen molar-refractivity contribution in [2.45, 2.75) is 49.7 Å². The normalized spacial score (nSPS) is 14.0. The number of hydrogen-bond donors (Lipinski definition) is 1. The second-order valence-electron chi connectivity index (χ2n) is 11.2. The number of nitrogens with one attached hydrogen (secondary N) is 1. The molecule has 240 valence electrons. The predicted molar refractivity (Wildman–Crippen MR) is 174 cm³/mol. The maximum atomic E-state index is 14.0. The zero-order chi connectivity index (χ0) is 32.5. The molecule has 0 aromatic heterocycles. The Morgan fingerprint density at radius 1 is 0.870 bits per heavy atom. The van der Waals surface area contributed by atoms with E-state index in [1.54, 1.807) is 55.6 Å². The fourth-order valence-electron chi connectivity index (χ4n) is 5.65. The number of methoxy groups -OCH3 is 1. The summed E-state index contributed by atoms with van der Waals surface area (Å²) in [5.74, 6) is -0.410. The Kier molecular flexibility index (Phi) is 10.8. The highest BCUT2D eigenvalue weighted by molar-refractivity contribution is 7.89. The molecule has 1 aliphatic rings. The molecule has 0 spiro atoms. The van der Waals surface area contributed by atoms with E-state index in [-0.39, 0.29) is 36.2 Å². The van der Waals surface area contributed by atoms with Crippen LogP contribution in [0.1, 0.15) is 47.6 Å². The quantitative estimate of drug-likeness (QED) is 0.204. The van der Waals surface area contributed by atoms with Gasteiger partial charge in [0, 0.05) is 38.2 Å². The first kappa shape index (κ1) is 32.8. The molecule has 2 amide bonds. The first-order valence-electron chi connectivity index (χ1n) is 15.3. The van der Waals surface area contributed by atoms with Gasteiger partial charge >= 0.3 is 0 Å². The molecule has 1 N–H and O–H groups in total. The minimum absolute atomic E-state index is 0.0720. The lowest BCUT2D eigenvalue weighted by Gasteiger charge is -2.32. The summed E-state index contributed by atoms with van der Waals surface area (Å²) in [7, 11) is -1.97. The highest BCUT2D eigenvalue weighted by atomic mass is 32.2. The standard InChI is InChI=1S/C36H38FN3O5S/c1-45-33-12-6-5-11-30(33)25-38-36(42)35(29-9-3-2-4-10-29)40(26-28-13-18-31(37)19-14-28)34(41)22-17-27-15-20-32(21-16-27)46(43,44)39-23-7-8-24-39/h2-6,9-16,18-21,35H,7-8,17,22-26H2,1H3,(H,38,42)/t35-/m0/s1. The van der Waals surface area contributed by atoms with Crippen molar-refractivity contribution in [3.63, 3.8) is 0 Å². The minimum Gasteiger partial charge on any atom is -0.496 e. The summed E-state index contributed by atoms with van der Waals surface area (Å²) >= 11 is 0. The molecule has 4 aromatic carbocycles. The van der Waals surface area contributed by atoms with Crippen molar-refractivity contribution in [3.8, 4) is 5.75 Å². The number of sulfonamides is 1. The number of carbonyl (C=O) groups is 2. The van der Waals surface area contributed by atoms with E-state index in [1.165, 1.54) is 21.3 Å². The Morgan fingerprint density at radius 2 is 1.50 bits per heavy atom. The van der Waals surface area contributed by atoms with Gasteiger partial charge in [-0.3, -0.25) is 9.59 Å². The molecular formula is C36H38FN3O5S. The van der Waals surface area contributed by atoms with Crippen LogP contribution in [0.25, 0.3) is 0 Å². The van der Waals surface area contributed by atoms with Gasteiger partial charge in [0.25, 0.3) is 0 Å². The van der Waals surface area contributed by atoms with Crippen molar-refractivity contribution in [2.24, 2.45) is 0 Å². The summed E-state index contributed by atoms with van der Waals surface area (Å²) < 4.78 is 46.6. The van der Waals surface area contributed by atoms with Crippen LogP contribution in [0.2, 0.25) is 0 Å². The van der Waals surface area contributed by atoms with Gasteiger partial charge in [0.15, 0.2) is 0 Å². The van der Waals surface area contributed by atoms with Crippen LogP contribution in [0, 0.1) is 5.82 Å². The third-order valence-electron chi connectivity index (χ3n) is 8.16. The van der Waals surface area contributed by atoms with Gasteiger partial charge in [0.2, 0.25) is 21.8 Å². The fraction of sp³-hybridized carbons (Fsp3) is 0.278. The number of hydrogen-bond acceptors (Lipinski definition) is 5. The lowest BCUT2D eigenvalue weighted by Crippen LogP contribution is -2.43. The number of rotatable bonds is 13. The van der Waals surface area contributed by atoms with Gasteiger partial charge in [-0.2, -0.15) is 4.31 Å². The molecule has 0 saturated carbocycles. The monoisotopic (exact) mass is 643 g/mol. The van der Waals surface area contributed by atoms with Crippen molar-refractivity contribution in [1.82, 2.24) is 14.5 Å². The summed E-state index contributed by atoms with van der Waals surface area (Å²) in [6.45, 7) is 1.32. The molecule has 0 radical (unpaired) electrons. The van der Waals surface area contributed by atoms with E-state index in [9.17, 15) is 22.4 Å². The molecule has 8 nitrogen and oxygen atoms in total. The first-order chi connectivity index (χ1) is 22.3. The van der Waals surface area contributed by atoms with Crippen LogP contribution in [0.5, 0.6) is 5.75 Å². The number of carbonyl (C=O) groups excluding carboxylic acids is 2. The van der Waals surface area contributed by atoms with Gasteiger partial charge in [-0.15, -0.1) is 0 Å². The van der Waals surface area contributed by atoms with E-state index >= 15 is 0 Å². The molecule has 1 aliphatic heterocycles. The van der Waals surface area contributed by atoms with Crippen molar-refractivity contribution in [1.29, 1.82) is 0 Å². The van der Waals surface area contributed by atoms with Crippen LogP contribution >= 0.6 is 0 Å². The van der Waals surface area contributed by atoms with Gasteiger partial charge in [-0.1, -0.05) is 72.8 Å². The maximum Gasteiger partial charge on any atom is 0.247 e. The number of aryl methyl sites for hydroxylation is 1. The van der Waals surface area contributed by atoms with Gasteiger partial charge in [0.1, 0.15) is 17.6 Å². The topological polar surface area (TPSA) is 96.0 Å². The zero-order valence-corrected chi connectivity index (χ0v) is 26.6. The number of benzene rings is 4. The van der Waals surface area contributed by atoms with E-state index in [2.05, 4.69) is 5.32 Å². The maximum absolute atomic E-state index is 14.0. The molecule has 1 atom stereocenters. The van der Waals surface area contributed by atoms with Gasteiger partial charge in [0.05, 0.1) is 12.0 Å². The third-order valence-corrected chi connectivity index (χ3v) is 10.1. The average molecular weight is 644 g/mol. The molecule has 5 rings (SSSR count). The van der Waals surface area contributed by atoms with Crippen LogP contribution < -0.4 is 10.1 Å². The number of ether oxygens (including phenoxy) is 1.